The second kappa shape index (κ2) is 23.1. The standard InChI is InChI=1S/C40H56O2/c1-33(2)18-12-20-35(4)22-14-24-36(5)23-13-21-34(3)19-10-11-29-39(32-41)30-16-27-37(6)25-15-26-38(7)28-17-31-40(8,9)42/h10-11,13-16,18-19,21-27,29-30,32,42H,12,17,20,28,31H2,1-9H3/b11-10+,21-13+,24-14+,25-15+,30-16+,34-19+,35-22+,36-23+,37-27+,38-26+,39-29+. The molecule has 0 aliphatic rings. The zero-order chi connectivity index (χ0) is 31.8. The molecule has 1 N–H and O–H groups in total. The van der Waals surface area contributed by atoms with E-state index in [-0.39, 0.29) is 0 Å². The molecule has 0 aromatic carbocycles. The Morgan fingerprint density at radius 1 is 0.595 bits per heavy atom. The van der Waals surface area contributed by atoms with Gasteiger partial charge in [0, 0.05) is 5.57 Å². The van der Waals surface area contributed by atoms with E-state index in [9.17, 15) is 9.90 Å². The number of hydrogen-bond donors (Lipinski definition) is 1. The first-order valence-electron chi connectivity index (χ1n) is 15.1. The lowest BCUT2D eigenvalue weighted by Crippen LogP contribution is -2.17. The van der Waals surface area contributed by atoms with E-state index in [0.717, 1.165) is 49.5 Å². The zero-order valence-electron chi connectivity index (χ0n) is 27.8. The summed E-state index contributed by atoms with van der Waals surface area (Å²) in [5, 5.41) is 9.81. The normalized spacial score (nSPS) is 15.4. The molecule has 0 saturated carbocycles. The molecular formula is C40H56O2. The SMILES string of the molecule is CC(C)=CCC/C(C)=C/C=C/C(C)=C/C=C/C(C)=C/C=C/C=C(C=O)\C=C\C=C(C)\C=C\C=C(/C)CCCC(C)(C)O. The fourth-order valence-electron chi connectivity index (χ4n) is 3.62. The number of rotatable bonds is 18. The van der Waals surface area contributed by atoms with Crippen LogP contribution in [-0.2, 0) is 4.79 Å². The van der Waals surface area contributed by atoms with E-state index >= 15 is 0 Å². The van der Waals surface area contributed by atoms with E-state index in [2.05, 4.69) is 90.2 Å². The summed E-state index contributed by atoms with van der Waals surface area (Å²) >= 11 is 0. The van der Waals surface area contributed by atoms with Crippen LogP contribution < -0.4 is 0 Å². The van der Waals surface area contributed by atoms with Gasteiger partial charge in [-0.05, 0) is 94.4 Å². The van der Waals surface area contributed by atoms with Crippen molar-refractivity contribution in [2.75, 3.05) is 0 Å². The van der Waals surface area contributed by atoms with Crippen molar-refractivity contribution in [2.24, 2.45) is 0 Å². The first-order chi connectivity index (χ1) is 19.8. The minimum Gasteiger partial charge on any atom is -0.390 e. The molecule has 0 aromatic rings. The van der Waals surface area contributed by atoms with Crippen LogP contribution in [-0.4, -0.2) is 17.0 Å². The Hall–Kier alpha value is -3.49. The summed E-state index contributed by atoms with van der Waals surface area (Å²) in [6.07, 6.45) is 40.3. The quantitative estimate of drug-likeness (QED) is 0.0772. The van der Waals surface area contributed by atoms with Gasteiger partial charge in [-0.3, -0.25) is 4.79 Å². The molecule has 0 heterocycles. The monoisotopic (exact) mass is 568 g/mol. The van der Waals surface area contributed by atoms with Crippen molar-refractivity contribution in [1.29, 1.82) is 0 Å². The van der Waals surface area contributed by atoms with Gasteiger partial charge >= 0.3 is 0 Å². The maximum Gasteiger partial charge on any atom is 0.150 e. The fourth-order valence-corrected chi connectivity index (χ4v) is 3.62. The van der Waals surface area contributed by atoms with Gasteiger partial charge in [-0.25, -0.2) is 0 Å². The van der Waals surface area contributed by atoms with Crippen LogP contribution in [0.25, 0.3) is 0 Å². The highest BCUT2D eigenvalue weighted by Gasteiger charge is 2.10. The third-order valence-electron chi connectivity index (χ3n) is 6.19. The minimum atomic E-state index is -0.600. The Labute approximate surface area is 258 Å². The lowest BCUT2D eigenvalue weighted by molar-refractivity contribution is -0.104. The number of aldehydes is 1. The lowest BCUT2D eigenvalue weighted by Gasteiger charge is -2.16. The van der Waals surface area contributed by atoms with Crippen LogP contribution in [0.1, 0.15) is 94.4 Å². The molecule has 2 heteroatoms. The Bertz CT molecular complexity index is 1180. The molecule has 0 amide bonds. The van der Waals surface area contributed by atoms with Crippen molar-refractivity contribution in [3.8, 4) is 0 Å². The molecule has 0 spiro atoms. The summed E-state index contributed by atoms with van der Waals surface area (Å²) in [5.74, 6) is 0. The molecule has 0 rings (SSSR count). The Morgan fingerprint density at radius 3 is 1.55 bits per heavy atom. The van der Waals surface area contributed by atoms with Crippen molar-refractivity contribution in [2.45, 2.75) is 100 Å². The molecular weight excluding hydrogens is 512 g/mol. The lowest BCUT2D eigenvalue weighted by atomic mass is 9.99. The van der Waals surface area contributed by atoms with Gasteiger partial charge in [0.1, 0.15) is 6.29 Å². The van der Waals surface area contributed by atoms with E-state index in [1.807, 2.05) is 69.4 Å². The highest BCUT2D eigenvalue weighted by Crippen LogP contribution is 2.15. The summed E-state index contributed by atoms with van der Waals surface area (Å²) in [5.41, 5.74) is 7.47. The van der Waals surface area contributed by atoms with Crippen molar-refractivity contribution >= 4 is 6.29 Å². The summed E-state index contributed by atoms with van der Waals surface area (Å²) in [7, 11) is 0. The van der Waals surface area contributed by atoms with Gasteiger partial charge in [-0.2, -0.15) is 0 Å². The number of allylic oxidation sites excluding steroid dienone is 24. The molecule has 0 radical (unpaired) electrons. The van der Waals surface area contributed by atoms with Gasteiger partial charge in [0.2, 0.25) is 0 Å². The molecule has 228 valence electrons. The third kappa shape index (κ3) is 25.5. The van der Waals surface area contributed by atoms with E-state index in [1.165, 1.54) is 22.3 Å². The molecule has 2 nitrogen and oxygen atoms in total. The Morgan fingerprint density at radius 2 is 1.05 bits per heavy atom. The Kier molecular flexibility index (Phi) is 21.2. The van der Waals surface area contributed by atoms with Crippen LogP contribution in [0.15, 0.2) is 142 Å². The molecule has 0 aliphatic heterocycles. The Balaban J connectivity index is 4.84. The van der Waals surface area contributed by atoms with Crippen LogP contribution in [0.5, 0.6) is 0 Å². The van der Waals surface area contributed by atoms with Crippen molar-refractivity contribution in [3.63, 3.8) is 0 Å². The maximum absolute atomic E-state index is 11.4. The smallest absolute Gasteiger partial charge is 0.150 e. The predicted octanol–water partition coefficient (Wildman–Crippen LogP) is 11.3. The topological polar surface area (TPSA) is 37.3 Å². The van der Waals surface area contributed by atoms with Gasteiger partial charge in [0.15, 0.2) is 0 Å². The third-order valence-corrected chi connectivity index (χ3v) is 6.19. The first kappa shape index (κ1) is 38.5. The second-order valence-corrected chi connectivity index (χ2v) is 11.9. The summed E-state index contributed by atoms with van der Waals surface area (Å²) in [4.78, 5) is 11.4. The molecule has 0 bridgehead atoms. The molecule has 0 saturated heterocycles. The van der Waals surface area contributed by atoms with Crippen LogP contribution in [0.2, 0.25) is 0 Å². The molecule has 0 atom stereocenters. The van der Waals surface area contributed by atoms with Crippen molar-refractivity contribution in [3.05, 3.63) is 142 Å². The molecule has 42 heavy (non-hydrogen) atoms. The predicted molar refractivity (Wildman–Crippen MR) is 187 cm³/mol. The minimum absolute atomic E-state index is 0.600. The molecule has 0 fully saturated rings. The van der Waals surface area contributed by atoms with E-state index in [4.69, 9.17) is 0 Å². The van der Waals surface area contributed by atoms with E-state index in [0.29, 0.717) is 5.57 Å². The molecule has 0 unspecified atom stereocenters. The van der Waals surface area contributed by atoms with Gasteiger partial charge in [-0.1, -0.05) is 137 Å². The van der Waals surface area contributed by atoms with Crippen LogP contribution in [0.4, 0.5) is 0 Å². The summed E-state index contributed by atoms with van der Waals surface area (Å²) in [6, 6.07) is 0. The largest absolute Gasteiger partial charge is 0.390 e. The summed E-state index contributed by atoms with van der Waals surface area (Å²) < 4.78 is 0. The number of hydrogen-bond acceptors (Lipinski definition) is 2. The first-order valence-corrected chi connectivity index (χ1v) is 15.1. The van der Waals surface area contributed by atoms with Gasteiger partial charge in [0.05, 0.1) is 5.60 Å². The highest BCUT2D eigenvalue weighted by molar-refractivity contribution is 5.78. The van der Waals surface area contributed by atoms with Gasteiger partial charge in [0.25, 0.3) is 0 Å². The van der Waals surface area contributed by atoms with Crippen LogP contribution in [0, 0.1) is 0 Å². The fraction of sp³-hybridized carbons (Fsp3) is 0.375. The van der Waals surface area contributed by atoms with E-state index in [1.54, 1.807) is 6.08 Å². The average Bonchev–Trinajstić information content (AvgIpc) is 2.89. The molecule has 0 aliphatic carbocycles. The number of carbonyl (C=O) groups excluding carboxylic acids is 1. The van der Waals surface area contributed by atoms with Gasteiger partial charge < -0.3 is 5.11 Å². The second-order valence-electron chi connectivity index (χ2n) is 11.9. The average molecular weight is 569 g/mol. The van der Waals surface area contributed by atoms with Gasteiger partial charge in [-0.15, -0.1) is 0 Å². The zero-order valence-corrected chi connectivity index (χ0v) is 27.8. The maximum atomic E-state index is 11.4. The van der Waals surface area contributed by atoms with Crippen molar-refractivity contribution < 1.29 is 9.90 Å². The van der Waals surface area contributed by atoms with Crippen LogP contribution in [0.3, 0.4) is 0 Å². The van der Waals surface area contributed by atoms with E-state index < -0.39 is 5.60 Å². The molecule has 0 aromatic heterocycles. The van der Waals surface area contributed by atoms with Crippen molar-refractivity contribution in [1.82, 2.24) is 0 Å². The number of carbonyl (C=O) groups is 1. The number of aliphatic hydroxyl groups is 1. The highest BCUT2D eigenvalue weighted by atomic mass is 16.3. The van der Waals surface area contributed by atoms with Crippen LogP contribution >= 0.6 is 0 Å². The summed E-state index contributed by atoms with van der Waals surface area (Å²) in [6.45, 7) is 18.4.